The van der Waals surface area contributed by atoms with E-state index in [1.54, 1.807) is 6.92 Å². The highest BCUT2D eigenvalue weighted by Crippen LogP contribution is 2.30. The number of halogens is 1. The molecular formula is C13H20ClNO. The van der Waals surface area contributed by atoms with Gasteiger partial charge in [-0.1, -0.05) is 44.5 Å². The van der Waals surface area contributed by atoms with Crippen molar-refractivity contribution in [2.75, 3.05) is 0 Å². The van der Waals surface area contributed by atoms with E-state index in [2.05, 4.69) is 20.8 Å². The number of benzene rings is 1. The summed E-state index contributed by atoms with van der Waals surface area (Å²) in [4.78, 5) is 0. The Balaban J connectivity index is 3.19. The van der Waals surface area contributed by atoms with E-state index in [1.165, 1.54) is 0 Å². The highest BCUT2D eigenvalue weighted by atomic mass is 35.5. The van der Waals surface area contributed by atoms with Crippen LogP contribution in [0.2, 0.25) is 5.02 Å². The summed E-state index contributed by atoms with van der Waals surface area (Å²) in [6.45, 7) is 8.14. The summed E-state index contributed by atoms with van der Waals surface area (Å²) in [5.74, 6) is 0. The summed E-state index contributed by atoms with van der Waals surface area (Å²) in [5, 5.41) is 10.5. The predicted octanol–water partition coefficient (Wildman–Crippen LogP) is 3.02. The summed E-state index contributed by atoms with van der Waals surface area (Å²) >= 11 is 6.07. The van der Waals surface area contributed by atoms with Gasteiger partial charge < -0.3 is 10.8 Å². The molecule has 1 rings (SSSR count). The van der Waals surface area contributed by atoms with E-state index in [9.17, 15) is 5.11 Å². The molecule has 90 valence electrons. The minimum absolute atomic E-state index is 0.0386. The first-order valence-corrected chi connectivity index (χ1v) is 5.85. The van der Waals surface area contributed by atoms with Gasteiger partial charge in [-0.2, -0.15) is 0 Å². The predicted molar refractivity (Wildman–Crippen MR) is 68.8 cm³/mol. The molecule has 0 bridgehead atoms. The van der Waals surface area contributed by atoms with Crippen molar-refractivity contribution < 1.29 is 5.11 Å². The molecule has 0 radical (unpaired) electrons. The molecule has 3 heteroatoms. The third kappa shape index (κ3) is 2.97. The molecule has 0 spiro atoms. The lowest BCUT2D eigenvalue weighted by Crippen LogP contribution is -2.25. The number of hydrogen-bond donors (Lipinski definition) is 2. The van der Waals surface area contributed by atoms with Crippen LogP contribution in [0.5, 0.6) is 0 Å². The van der Waals surface area contributed by atoms with Gasteiger partial charge in [-0.3, -0.25) is 0 Å². The molecule has 0 heterocycles. The molecular weight excluding hydrogens is 222 g/mol. The Labute approximate surface area is 102 Å². The maximum atomic E-state index is 9.96. The van der Waals surface area contributed by atoms with Gasteiger partial charge in [0.25, 0.3) is 0 Å². The van der Waals surface area contributed by atoms with Gasteiger partial charge in [-0.05, 0) is 24.0 Å². The summed E-state index contributed by atoms with van der Waals surface area (Å²) in [6.07, 6.45) is -0.713. The summed E-state index contributed by atoms with van der Waals surface area (Å²) in [6, 6.07) is 5.42. The van der Waals surface area contributed by atoms with Crippen LogP contribution < -0.4 is 5.73 Å². The molecule has 0 amide bonds. The second-order valence-corrected chi connectivity index (χ2v) is 5.70. The third-order valence-corrected chi connectivity index (χ3v) is 3.02. The van der Waals surface area contributed by atoms with Crippen LogP contribution in [0.25, 0.3) is 0 Å². The molecule has 1 aromatic carbocycles. The topological polar surface area (TPSA) is 46.2 Å². The van der Waals surface area contributed by atoms with Crippen LogP contribution in [0.3, 0.4) is 0 Å². The Morgan fingerprint density at radius 2 is 1.88 bits per heavy atom. The Bertz CT molecular complexity index is 369. The minimum atomic E-state index is -0.713. The van der Waals surface area contributed by atoms with Gasteiger partial charge in [-0.15, -0.1) is 0 Å². The van der Waals surface area contributed by atoms with Crippen molar-refractivity contribution in [3.05, 3.63) is 34.3 Å². The van der Waals surface area contributed by atoms with Crippen LogP contribution in [0.4, 0.5) is 0 Å². The zero-order valence-corrected chi connectivity index (χ0v) is 11.0. The first-order chi connectivity index (χ1) is 7.23. The summed E-state index contributed by atoms with van der Waals surface area (Å²) in [5.41, 5.74) is 7.58. The minimum Gasteiger partial charge on any atom is -0.387 e. The molecule has 0 aliphatic rings. The molecule has 16 heavy (non-hydrogen) atoms. The van der Waals surface area contributed by atoms with Crippen LogP contribution in [-0.2, 0) is 5.41 Å². The standard InChI is InChI=1S/C13H20ClNO/c1-8(15)12(16)10-7-9(13(2,3)4)5-6-11(10)14/h5-8,12,16H,15H2,1-4H3/t8-,12-/m0/s1. The molecule has 1 aromatic rings. The van der Waals surface area contributed by atoms with Crippen LogP contribution in [-0.4, -0.2) is 11.1 Å². The smallest absolute Gasteiger partial charge is 0.0952 e. The lowest BCUT2D eigenvalue weighted by molar-refractivity contribution is 0.153. The van der Waals surface area contributed by atoms with E-state index in [4.69, 9.17) is 17.3 Å². The highest BCUT2D eigenvalue weighted by molar-refractivity contribution is 6.31. The van der Waals surface area contributed by atoms with E-state index >= 15 is 0 Å². The van der Waals surface area contributed by atoms with Crippen LogP contribution in [0.1, 0.15) is 44.9 Å². The average molecular weight is 242 g/mol. The zero-order chi connectivity index (χ0) is 12.5. The van der Waals surface area contributed by atoms with Gasteiger partial charge in [0.2, 0.25) is 0 Å². The van der Waals surface area contributed by atoms with Crippen LogP contribution in [0, 0.1) is 0 Å². The monoisotopic (exact) mass is 241 g/mol. The Hall–Kier alpha value is -0.570. The van der Waals surface area contributed by atoms with E-state index in [1.807, 2.05) is 18.2 Å². The van der Waals surface area contributed by atoms with E-state index in [-0.39, 0.29) is 11.5 Å². The molecule has 0 saturated heterocycles. The largest absolute Gasteiger partial charge is 0.387 e. The van der Waals surface area contributed by atoms with E-state index in [0.717, 1.165) is 5.56 Å². The lowest BCUT2D eigenvalue weighted by atomic mass is 9.85. The first-order valence-electron chi connectivity index (χ1n) is 5.47. The number of rotatable bonds is 2. The summed E-state index contributed by atoms with van der Waals surface area (Å²) in [7, 11) is 0. The summed E-state index contributed by atoms with van der Waals surface area (Å²) < 4.78 is 0. The van der Waals surface area contributed by atoms with Crippen LogP contribution >= 0.6 is 11.6 Å². The van der Waals surface area contributed by atoms with Crippen LogP contribution in [0.15, 0.2) is 18.2 Å². The lowest BCUT2D eigenvalue weighted by Gasteiger charge is -2.23. The van der Waals surface area contributed by atoms with Crippen molar-refractivity contribution >= 4 is 11.6 Å². The number of aliphatic hydroxyl groups excluding tert-OH is 1. The highest BCUT2D eigenvalue weighted by Gasteiger charge is 2.20. The SMILES string of the molecule is C[C@H](N)[C@H](O)c1cc(C(C)(C)C)ccc1Cl. The van der Waals surface area contributed by atoms with Gasteiger partial charge in [0.05, 0.1) is 6.10 Å². The molecule has 0 aliphatic carbocycles. The quantitative estimate of drug-likeness (QED) is 0.836. The molecule has 0 unspecified atom stereocenters. The third-order valence-electron chi connectivity index (χ3n) is 2.68. The molecule has 2 atom stereocenters. The normalized spacial score (nSPS) is 15.9. The van der Waals surface area contributed by atoms with Crippen molar-refractivity contribution in [3.8, 4) is 0 Å². The maximum absolute atomic E-state index is 9.96. The molecule has 2 nitrogen and oxygen atoms in total. The Kier molecular flexibility index (Phi) is 4.00. The number of nitrogens with two attached hydrogens (primary N) is 1. The number of aliphatic hydroxyl groups is 1. The van der Waals surface area contributed by atoms with Crippen molar-refractivity contribution in [3.63, 3.8) is 0 Å². The van der Waals surface area contributed by atoms with Crippen molar-refractivity contribution in [1.82, 2.24) is 0 Å². The fourth-order valence-corrected chi connectivity index (χ4v) is 1.75. The Morgan fingerprint density at radius 3 is 2.31 bits per heavy atom. The van der Waals surface area contributed by atoms with Gasteiger partial charge in [0.15, 0.2) is 0 Å². The second kappa shape index (κ2) is 4.74. The molecule has 0 fully saturated rings. The van der Waals surface area contributed by atoms with Crippen molar-refractivity contribution in [2.45, 2.75) is 45.3 Å². The van der Waals surface area contributed by atoms with E-state index < -0.39 is 6.10 Å². The van der Waals surface area contributed by atoms with E-state index in [0.29, 0.717) is 10.6 Å². The van der Waals surface area contributed by atoms with Gasteiger partial charge in [0, 0.05) is 16.6 Å². The molecule has 0 aromatic heterocycles. The van der Waals surface area contributed by atoms with Crippen molar-refractivity contribution in [1.29, 1.82) is 0 Å². The molecule has 0 saturated carbocycles. The van der Waals surface area contributed by atoms with Gasteiger partial charge in [0.1, 0.15) is 0 Å². The second-order valence-electron chi connectivity index (χ2n) is 5.29. The maximum Gasteiger partial charge on any atom is 0.0952 e. The number of hydrogen-bond acceptors (Lipinski definition) is 2. The van der Waals surface area contributed by atoms with Crippen molar-refractivity contribution in [2.24, 2.45) is 5.73 Å². The fourth-order valence-electron chi connectivity index (χ4n) is 1.52. The first kappa shape index (κ1) is 13.5. The van der Waals surface area contributed by atoms with Gasteiger partial charge in [-0.25, -0.2) is 0 Å². The molecule has 3 N–H and O–H groups in total. The Morgan fingerprint density at radius 1 is 1.31 bits per heavy atom. The fraction of sp³-hybridized carbons (Fsp3) is 0.538. The zero-order valence-electron chi connectivity index (χ0n) is 10.3. The average Bonchev–Trinajstić information content (AvgIpc) is 2.15. The molecule has 0 aliphatic heterocycles. The van der Waals surface area contributed by atoms with Gasteiger partial charge >= 0.3 is 0 Å².